The first-order valence-electron chi connectivity index (χ1n) is 6.47. The van der Waals surface area contributed by atoms with Crippen LogP contribution in [0.1, 0.15) is 18.9 Å². The molecule has 0 aromatic carbocycles. The van der Waals surface area contributed by atoms with E-state index in [0.29, 0.717) is 5.65 Å². The van der Waals surface area contributed by atoms with Crippen molar-refractivity contribution < 1.29 is 4.79 Å². The maximum absolute atomic E-state index is 10.7. The number of H-pyrrole nitrogens is 1. The Balaban J connectivity index is 1.99. The van der Waals surface area contributed by atoms with Crippen molar-refractivity contribution in [3.63, 3.8) is 0 Å². The summed E-state index contributed by atoms with van der Waals surface area (Å²) >= 11 is 0. The fourth-order valence-electron chi connectivity index (χ4n) is 2.28. The third-order valence-corrected chi connectivity index (χ3v) is 3.34. The number of nitrogens with zero attached hydrogens (tertiary/aromatic N) is 5. The lowest BCUT2D eigenvalue weighted by molar-refractivity contribution is -0.108. The van der Waals surface area contributed by atoms with E-state index in [2.05, 4.69) is 26.3 Å². The van der Waals surface area contributed by atoms with Gasteiger partial charge in [0.25, 0.3) is 0 Å². The Hall–Kier alpha value is -3.01. The van der Waals surface area contributed by atoms with Crippen LogP contribution in [-0.2, 0) is 4.79 Å². The summed E-state index contributed by atoms with van der Waals surface area (Å²) in [5.41, 5.74) is 2.50. The highest BCUT2D eigenvalue weighted by atomic mass is 16.1. The van der Waals surface area contributed by atoms with Crippen LogP contribution in [0.2, 0.25) is 0 Å². The van der Waals surface area contributed by atoms with Gasteiger partial charge in [-0.1, -0.05) is 0 Å². The molecule has 0 aliphatic heterocycles. The highest BCUT2D eigenvalue weighted by Gasteiger charge is 2.14. The zero-order valence-corrected chi connectivity index (χ0v) is 11.1. The molecule has 7 nitrogen and oxygen atoms in total. The Morgan fingerprint density at radius 3 is 3.19 bits per heavy atom. The first-order chi connectivity index (χ1) is 10.3. The number of rotatable bonds is 5. The second kappa shape index (κ2) is 5.54. The molecule has 1 N–H and O–H groups in total. The topological polar surface area (TPSA) is 100 Å². The lowest BCUT2D eigenvalue weighted by Crippen LogP contribution is -2.09. The molecule has 104 valence electrons. The summed E-state index contributed by atoms with van der Waals surface area (Å²) in [6.07, 6.45) is 8.33. The van der Waals surface area contributed by atoms with Crippen LogP contribution in [0, 0.1) is 11.3 Å². The van der Waals surface area contributed by atoms with Gasteiger partial charge < -0.3 is 9.78 Å². The molecule has 0 bridgehead atoms. The molecule has 3 rings (SSSR count). The molecule has 1 unspecified atom stereocenters. The highest BCUT2D eigenvalue weighted by molar-refractivity contribution is 5.91. The van der Waals surface area contributed by atoms with Gasteiger partial charge in [-0.15, -0.1) is 5.10 Å². The number of fused-ring (bicyclic) bond motifs is 1. The van der Waals surface area contributed by atoms with Crippen molar-refractivity contribution in [3.8, 4) is 17.2 Å². The molecule has 3 heterocycles. The van der Waals surface area contributed by atoms with Gasteiger partial charge in [0.15, 0.2) is 5.65 Å². The minimum absolute atomic E-state index is 0.238. The largest absolute Gasteiger partial charge is 0.345 e. The normalized spacial score (nSPS) is 12.1. The van der Waals surface area contributed by atoms with E-state index in [-0.39, 0.29) is 18.9 Å². The molecule has 1 atom stereocenters. The molecule has 7 heteroatoms. The molecule has 21 heavy (non-hydrogen) atoms. The molecule has 0 aliphatic carbocycles. The molecule has 0 radical (unpaired) electrons. The van der Waals surface area contributed by atoms with Crippen LogP contribution in [0.4, 0.5) is 0 Å². The van der Waals surface area contributed by atoms with Gasteiger partial charge in [-0.3, -0.25) is 4.68 Å². The second-order valence-corrected chi connectivity index (χ2v) is 4.63. The minimum Gasteiger partial charge on any atom is -0.345 e. The first kappa shape index (κ1) is 13.0. The molecule has 3 aromatic heterocycles. The number of hydrogen-bond donors (Lipinski definition) is 1. The Bertz CT molecular complexity index is 812. The number of nitriles is 1. The van der Waals surface area contributed by atoms with Crippen LogP contribution >= 0.6 is 0 Å². The smallest absolute Gasteiger partial charge is 0.160 e. The quantitative estimate of drug-likeness (QED) is 0.719. The summed E-state index contributed by atoms with van der Waals surface area (Å²) in [5.74, 6) is 0. The Labute approximate surface area is 120 Å². The zero-order valence-electron chi connectivity index (χ0n) is 11.1. The molecule has 0 saturated heterocycles. The standard InChI is InChI=1S/C14H12N6O/c15-4-1-11(3-6-21)20-9-10(7-18-20)13-8-17-19-14-12(13)2-5-16-14/h2,5-9,11H,1,3H2,(H,16,19). The van der Waals surface area contributed by atoms with E-state index in [1.807, 2.05) is 12.3 Å². The number of carbonyl (C=O) groups excluding carboxylic acids is 1. The Morgan fingerprint density at radius 1 is 1.48 bits per heavy atom. The molecule has 0 saturated carbocycles. The molecule has 0 spiro atoms. The minimum atomic E-state index is -0.238. The summed E-state index contributed by atoms with van der Waals surface area (Å²) < 4.78 is 1.66. The summed E-state index contributed by atoms with van der Waals surface area (Å²) in [6, 6.07) is 3.77. The number of aromatic nitrogens is 5. The maximum Gasteiger partial charge on any atom is 0.160 e. The van der Waals surface area contributed by atoms with Gasteiger partial charge >= 0.3 is 0 Å². The van der Waals surface area contributed by atoms with E-state index >= 15 is 0 Å². The van der Waals surface area contributed by atoms with Crippen LogP contribution in [0.3, 0.4) is 0 Å². The van der Waals surface area contributed by atoms with Crippen molar-refractivity contribution in [1.29, 1.82) is 5.26 Å². The maximum atomic E-state index is 10.7. The molecule has 0 aliphatic rings. The predicted octanol–water partition coefficient (Wildman–Crippen LogP) is 1.87. The highest BCUT2D eigenvalue weighted by Crippen LogP contribution is 2.27. The van der Waals surface area contributed by atoms with E-state index in [9.17, 15) is 4.79 Å². The fourth-order valence-corrected chi connectivity index (χ4v) is 2.28. The van der Waals surface area contributed by atoms with E-state index in [0.717, 1.165) is 22.8 Å². The van der Waals surface area contributed by atoms with E-state index in [1.54, 1.807) is 23.3 Å². The average molecular weight is 280 g/mol. The zero-order chi connectivity index (χ0) is 14.7. The predicted molar refractivity (Wildman–Crippen MR) is 75.1 cm³/mol. The number of aromatic amines is 1. The second-order valence-electron chi connectivity index (χ2n) is 4.63. The van der Waals surface area contributed by atoms with Crippen molar-refractivity contribution in [2.75, 3.05) is 0 Å². The van der Waals surface area contributed by atoms with Crippen molar-refractivity contribution in [3.05, 3.63) is 30.9 Å². The van der Waals surface area contributed by atoms with Gasteiger partial charge in [-0.25, -0.2) is 0 Å². The monoisotopic (exact) mass is 280 g/mol. The van der Waals surface area contributed by atoms with Crippen LogP contribution in [0.25, 0.3) is 22.2 Å². The molecule has 3 aromatic rings. The number of carbonyl (C=O) groups is 1. The molecular weight excluding hydrogens is 268 g/mol. The van der Waals surface area contributed by atoms with Gasteiger partial charge in [0, 0.05) is 35.3 Å². The first-order valence-corrected chi connectivity index (χ1v) is 6.47. The van der Waals surface area contributed by atoms with Gasteiger partial charge in [-0.2, -0.15) is 15.5 Å². The van der Waals surface area contributed by atoms with Crippen molar-refractivity contribution in [2.45, 2.75) is 18.9 Å². The average Bonchev–Trinajstić information content (AvgIpc) is 3.15. The van der Waals surface area contributed by atoms with Gasteiger partial charge in [0.05, 0.1) is 30.9 Å². The number of nitrogens with one attached hydrogen (secondary N) is 1. The summed E-state index contributed by atoms with van der Waals surface area (Å²) in [4.78, 5) is 13.7. The number of hydrogen-bond acceptors (Lipinski definition) is 5. The number of aldehydes is 1. The van der Waals surface area contributed by atoms with Crippen molar-refractivity contribution in [1.82, 2.24) is 25.0 Å². The summed E-state index contributed by atoms with van der Waals surface area (Å²) in [6.45, 7) is 0. The van der Waals surface area contributed by atoms with Crippen LogP contribution in [-0.4, -0.2) is 31.2 Å². The van der Waals surface area contributed by atoms with Crippen LogP contribution in [0.15, 0.2) is 30.9 Å². The van der Waals surface area contributed by atoms with Crippen LogP contribution in [0.5, 0.6) is 0 Å². The summed E-state index contributed by atoms with van der Waals surface area (Å²) in [7, 11) is 0. The lowest BCUT2D eigenvalue weighted by atomic mass is 10.1. The lowest BCUT2D eigenvalue weighted by Gasteiger charge is -2.10. The van der Waals surface area contributed by atoms with E-state index in [1.165, 1.54) is 0 Å². The van der Waals surface area contributed by atoms with Crippen molar-refractivity contribution >= 4 is 17.3 Å². The van der Waals surface area contributed by atoms with E-state index < -0.39 is 0 Å². The summed E-state index contributed by atoms with van der Waals surface area (Å²) in [5, 5.41) is 22.0. The van der Waals surface area contributed by atoms with Gasteiger partial charge in [0.2, 0.25) is 0 Å². The van der Waals surface area contributed by atoms with Gasteiger partial charge in [-0.05, 0) is 6.07 Å². The Kier molecular flexibility index (Phi) is 3.43. The van der Waals surface area contributed by atoms with E-state index in [4.69, 9.17) is 5.26 Å². The van der Waals surface area contributed by atoms with Crippen LogP contribution < -0.4 is 0 Å². The Morgan fingerprint density at radius 2 is 2.38 bits per heavy atom. The molecular formula is C14H12N6O. The SMILES string of the molecule is N#CCC(CC=O)n1cc(-c2cnnc3[nH]ccc23)cn1. The van der Waals surface area contributed by atoms with Crippen molar-refractivity contribution in [2.24, 2.45) is 0 Å². The third-order valence-electron chi connectivity index (χ3n) is 3.34. The molecule has 0 fully saturated rings. The van der Waals surface area contributed by atoms with Gasteiger partial charge in [0.1, 0.15) is 6.29 Å². The molecule has 0 amide bonds. The fraction of sp³-hybridized carbons (Fsp3) is 0.214. The third kappa shape index (κ3) is 2.39.